The molecule has 0 saturated carbocycles. The number of halogens is 2. The minimum absolute atomic E-state index is 0.197. The normalized spacial score (nSPS) is 16.3. The van der Waals surface area contributed by atoms with Crippen molar-refractivity contribution in [2.75, 3.05) is 52.3 Å². The Morgan fingerprint density at radius 1 is 1.29 bits per heavy atom. The largest absolute Gasteiger partial charge is 0.492 e. The van der Waals surface area contributed by atoms with Gasteiger partial charge in [-0.05, 0) is 19.2 Å². The highest BCUT2D eigenvalue weighted by molar-refractivity contribution is 6.19. The molecule has 0 unspecified atom stereocenters. The molecule has 0 spiro atoms. The zero-order valence-electron chi connectivity index (χ0n) is 12.2. The molecule has 0 atom stereocenters. The summed E-state index contributed by atoms with van der Waals surface area (Å²) in [7, 11) is 2.13. The van der Waals surface area contributed by atoms with E-state index in [9.17, 15) is 4.39 Å². The van der Waals surface area contributed by atoms with Gasteiger partial charge in [-0.1, -0.05) is 11.8 Å². The van der Waals surface area contributed by atoms with Crippen LogP contribution >= 0.6 is 11.6 Å². The Morgan fingerprint density at radius 3 is 2.71 bits per heavy atom. The van der Waals surface area contributed by atoms with Crippen LogP contribution in [-0.2, 0) is 0 Å². The van der Waals surface area contributed by atoms with Crippen LogP contribution in [0.2, 0.25) is 0 Å². The molecule has 0 aliphatic carbocycles. The molecule has 5 heteroatoms. The van der Waals surface area contributed by atoms with Gasteiger partial charge in [0.2, 0.25) is 0 Å². The number of benzene rings is 1. The predicted octanol–water partition coefficient (Wildman–Crippen LogP) is 2.04. The molecule has 1 fully saturated rings. The average molecular weight is 311 g/mol. The van der Waals surface area contributed by atoms with Gasteiger partial charge in [-0.15, -0.1) is 11.6 Å². The minimum Gasteiger partial charge on any atom is -0.492 e. The Bertz CT molecular complexity index is 519. The number of alkyl halides is 1. The SMILES string of the molecule is CN1CCN(CCOc2ccc(C#CCCl)c(F)c2)CC1. The Hall–Kier alpha value is -1.28. The Labute approximate surface area is 130 Å². The summed E-state index contributed by atoms with van der Waals surface area (Å²) in [6, 6.07) is 4.74. The van der Waals surface area contributed by atoms with Crippen molar-refractivity contribution >= 4 is 11.6 Å². The first kappa shape index (κ1) is 16.1. The highest BCUT2D eigenvalue weighted by atomic mass is 35.5. The quantitative estimate of drug-likeness (QED) is 0.625. The Morgan fingerprint density at radius 2 is 2.05 bits per heavy atom. The molecule has 1 heterocycles. The molecule has 1 saturated heterocycles. The molecular weight excluding hydrogens is 291 g/mol. The first-order valence-corrected chi connectivity index (χ1v) is 7.60. The van der Waals surface area contributed by atoms with Crippen LogP contribution in [0.5, 0.6) is 5.75 Å². The van der Waals surface area contributed by atoms with Crippen molar-refractivity contribution < 1.29 is 9.13 Å². The summed E-state index contributed by atoms with van der Waals surface area (Å²) >= 11 is 5.46. The van der Waals surface area contributed by atoms with Crippen LogP contribution in [0.25, 0.3) is 0 Å². The van der Waals surface area contributed by atoms with Crippen LogP contribution < -0.4 is 4.74 Å². The van der Waals surface area contributed by atoms with E-state index in [0.717, 1.165) is 32.7 Å². The highest BCUT2D eigenvalue weighted by Gasteiger charge is 2.13. The molecule has 0 N–H and O–H groups in total. The minimum atomic E-state index is -0.371. The molecule has 0 aromatic heterocycles. The van der Waals surface area contributed by atoms with Gasteiger partial charge in [0.15, 0.2) is 0 Å². The fourth-order valence-corrected chi connectivity index (χ4v) is 2.25. The lowest BCUT2D eigenvalue weighted by Gasteiger charge is -2.32. The van der Waals surface area contributed by atoms with E-state index in [1.54, 1.807) is 12.1 Å². The summed E-state index contributed by atoms with van der Waals surface area (Å²) in [5.74, 6) is 5.68. The lowest BCUT2D eigenvalue weighted by molar-refractivity contribution is 0.133. The fourth-order valence-electron chi connectivity index (χ4n) is 2.18. The number of piperazine rings is 1. The first-order chi connectivity index (χ1) is 10.2. The Kier molecular flexibility index (Phi) is 6.31. The van der Waals surface area contributed by atoms with Gasteiger partial charge in [-0.25, -0.2) is 4.39 Å². The lowest BCUT2D eigenvalue weighted by Crippen LogP contribution is -2.45. The van der Waals surface area contributed by atoms with Crippen LogP contribution in [0.15, 0.2) is 18.2 Å². The van der Waals surface area contributed by atoms with Gasteiger partial charge in [-0.2, -0.15) is 0 Å². The number of likely N-dealkylation sites (N-methyl/N-ethyl adjacent to an activating group) is 1. The summed E-state index contributed by atoms with van der Waals surface area (Å²) in [6.07, 6.45) is 0. The third-order valence-electron chi connectivity index (χ3n) is 3.50. The molecule has 3 nitrogen and oxygen atoms in total. The van der Waals surface area contributed by atoms with Crippen molar-refractivity contribution in [1.29, 1.82) is 0 Å². The average Bonchev–Trinajstić information content (AvgIpc) is 2.48. The molecule has 0 radical (unpaired) electrons. The molecule has 1 aliphatic rings. The third kappa shape index (κ3) is 5.20. The van der Waals surface area contributed by atoms with Crippen LogP contribution in [0.3, 0.4) is 0 Å². The number of ether oxygens (including phenoxy) is 1. The van der Waals surface area contributed by atoms with E-state index in [2.05, 4.69) is 28.7 Å². The van der Waals surface area contributed by atoms with E-state index in [1.165, 1.54) is 6.07 Å². The molecule has 1 aromatic carbocycles. The summed E-state index contributed by atoms with van der Waals surface area (Å²) in [5, 5.41) is 0. The second-order valence-corrected chi connectivity index (χ2v) is 5.34. The van der Waals surface area contributed by atoms with E-state index in [1.807, 2.05) is 0 Å². The zero-order valence-corrected chi connectivity index (χ0v) is 13.0. The fraction of sp³-hybridized carbons (Fsp3) is 0.500. The van der Waals surface area contributed by atoms with Crippen LogP contribution in [-0.4, -0.2) is 62.1 Å². The van der Waals surface area contributed by atoms with Crippen molar-refractivity contribution in [3.05, 3.63) is 29.6 Å². The monoisotopic (exact) mass is 310 g/mol. The number of hydrogen-bond acceptors (Lipinski definition) is 3. The Balaban J connectivity index is 1.79. The van der Waals surface area contributed by atoms with Crippen molar-refractivity contribution in [2.45, 2.75) is 0 Å². The third-order valence-corrected chi connectivity index (χ3v) is 3.64. The molecule has 0 amide bonds. The van der Waals surface area contributed by atoms with E-state index in [0.29, 0.717) is 17.9 Å². The van der Waals surface area contributed by atoms with Gasteiger partial charge < -0.3 is 9.64 Å². The van der Waals surface area contributed by atoms with E-state index < -0.39 is 0 Å². The van der Waals surface area contributed by atoms with Crippen molar-refractivity contribution in [3.8, 4) is 17.6 Å². The molecule has 21 heavy (non-hydrogen) atoms. The zero-order chi connectivity index (χ0) is 15.1. The topological polar surface area (TPSA) is 15.7 Å². The van der Waals surface area contributed by atoms with Crippen LogP contribution in [0.1, 0.15) is 5.56 Å². The number of nitrogens with zero attached hydrogens (tertiary/aromatic N) is 2. The predicted molar refractivity (Wildman–Crippen MR) is 83.4 cm³/mol. The standard InChI is InChI=1S/C16H20ClFN2O/c1-19-7-9-20(10-8-19)11-12-21-15-5-4-14(3-2-6-17)16(18)13-15/h4-5,13H,6-12H2,1H3. The van der Waals surface area contributed by atoms with Crippen LogP contribution in [0, 0.1) is 17.7 Å². The number of rotatable bonds is 4. The van der Waals surface area contributed by atoms with Gasteiger partial charge in [-0.3, -0.25) is 4.90 Å². The maximum absolute atomic E-state index is 13.8. The van der Waals surface area contributed by atoms with E-state index in [4.69, 9.17) is 16.3 Å². The van der Waals surface area contributed by atoms with Crippen molar-refractivity contribution in [3.63, 3.8) is 0 Å². The summed E-state index contributed by atoms with van der Waals surface area (Å²) in [5.41, 5.74) is 0.349. The molecule has 1 aromatic rings. The van der Waals surface area contributed by atoms with Gasteiger partial charge in [0, 0.05) is 38.8 Å². The smallest absolute Gasteiger partial charge is 0.142 e. The lowest BCUT2D eigenvalue weighted by atomic mass is 10.2. The second kappa shape index (κ2) is 8.23. The molecular formula is C16H20ClFN2O. The van der Waals surface area contributed by atoms with Gasteiger partial charge in [0.1, 0.15) is 18.2 Å². The summed E-state index contributed by atoms with van der Waals surface area (Å²) < 4.78 is 19.4. The first-order valence-electron chi connectivity index (χ1n) is 7.07. The highest BCUT2D eigenvalue weighted by Crippen LogP contribution is 2.16. The molecule has 2 rings (SSSR count). The maximum atomic E-state index is 13.8. The van der Waals surface area contributed by atoms with Crippen molar-refractivity contribution in [1.82, 2.24) is 9.80 Å². The van der Waals surface area contributed by atoms with Gasteiger partial charge >= 0.3 is 0 Å². The molecule has 114 valence electrons. The molecule has 0 bridgehead atoms. The van der Waals surface area contributed by atoms with Gasteiger partial charge in [0.05, 0.1) is 11.4 Å². The van der Waals surface area contributed by atoms with Crippen LogP contribution in [0.4, 0.5) is 4.39 Å². The molecule has 1 aliphatic heterocycles. The summed E-state index contributed by atoms with van der Waals surface area (Å²) in [4.78, 5) is 4.67. The van der Waals surface area contributed by atoms with Gasteiger partial charge in [0.25, 0.3) is 0 Å². The summed E-state index contributed by atoms with van der Waals surface area (Å²) in [6.45, 7) is 5.71. The maximum Gasteiger partial charge on any atom is 0.142 e. The van der Waals surface area contributed by atoms with E-state index in [-0.39, 0.29) is 11.7 Å². The second-order valence-electron chi connectivity index (χ2n) is 5.07. The van der Waals surface area contributed by atoms with Crippen molar-refractivity contribution in [2.24, 2.45) is 0 Å². The van der Waals surface area contributed by atoms with E-state index >= 15 is 0 Å². The number of hydrogen-bond donors (Lipinski definition) is 0.